The third kappa shape index (κ3) is 4.92. The monoisotopic (exact) mass is 521 g/mol. The van der Waals surface area contributed by atoms with Gasteiger partial charge in [-0.05, 0) is 48.9 Å². The molecule has 8 nitrogen and oxygen atoms in total. The minimum absolute atomic E-state index is 0. The molecule has 0 heterocycles. The summed E-state index contributed by atoms with van der Waals surface area (Å²) in [6.45, 7) is 1.71. The summed E-state index contributed by atoms with van der Waals surface area (Å²) in [4.78, 5) is 26.2. The van der Waals surface area contributed by atoms with Crippen molar-refractivity contribution in [2.75, 3.05) is 16.4 Å². The predicted molar refractivity (Wildman–Crippen MR) is 136 cm³/mol. The number of nitrogen functional groups attached to an aromatic ring is 1. The molecule has 10 heteroatoms. The van der Waals surface area contributed by atoms with Gasteiger partial charge in [-0.25, -0.2) is 8.42 Å². The number of rotatable bonds is 5. The number of carbonyl (C=O) groups excluding carboxylic acids is 2. The Morgan fingerprint density at radius 3 is 1.92 bits per heavy atom. The van der Waals surface area contributed by atoms with E-state index < -0.39 is 15.0 Å². The molecular formula is C27H20N3NaO5S. The van der Waals surface area contributed by atoms with Crippen LogP contribution in [0.1, 0.15) is 37.4 Å². The molecule has 1 aliphatic rings. The van der Waals surface area contributed by atoms with Crippen molar-refractivity contribution in [1.82, 2.24) is 0 Å². The maximum atomic E-state index is 13.4. The van der Waals surface area contributed by atoms with E-state index in [1.54, 1.807) is 67.6 Å². The van der Waals surface area contributed by atoms with Gasteiger partial charge in [-0.2, -0.15) is 0 Å². The van der Waals surface area contributed by atoms with Crippen LogP contribution in [0.5, 0.6) is 0 Å². The number of benzene rings is 4. The summed E-state index contributed by atoms with van der Waals surface area (Å²) in [6, 6.07) is 21.2. The van der Waals surface area contributed by atoms with Crippen LogP contribution in [0.25, 0.3) is 0 Å². The standard InChI is InChI=1S/C27H21N3O5S.Na/c1-15-13-21(23-24(25(15)28)27(32)19-10-6-5-9-18(19)26(23)31)30-17-11-12-20(22(14-17)36(33,34)35)29-16-7-3-2-4-8-16;/h2-14,29-30H,28H2,1H3,(H,33,34,35);/q;+1/p-1. The number of aryl methyl sites for hydroxylation is 1. The van der Waals surface area contributed by atoms with Crippen LogP contribution in [0.3, 0.4) is 0 Å². The number of fused-ring (bicyclic) bond motifs is 2. The van der Waals surface area contributed by atoms with Gasteiger partial charge in [-0.15, -0.1) is 0 Å². The van der Waals surface area contributed by atoms with E-state index in [0.717, 1.165) is 0 Å². The van der Waals surface area contributed by atoms with Crippen molar-refractivity contribution < 1.29 is 52.1 Å². The molecule has 1 aliphatic carbocycles. The summed E-state index contributed by atoms with van der Waals surface area (Å²) in [5.41, 5.74) is 8.95. The smallest absolute Gasteiger partial charge is 0.744 e. The molecule has 37 heavy (non-hydrogen) atoms. The molecule has 0 saturated carbocycles. The van der Waals surface area contributed by atoms with E-state index in [4.69, 9.17) is 5.73 Å². The Hall–Kier alpha value is -3.47. The molecular weight excluding hydrogens is 501 g/mol. The van der Waals surface area contributed by atoms with Crippen molar-refractivity contribution in [1.29, 1.82) is 0 Å². The van der Waals surface area contributed by atoms with Crippen LogP contribution in [0.15, 0.2) is 83.8 Å². The molecule has 0 amide bonds. The van der Waals surface area contributed by atoms with E-state index in [9.17, 15) is 22.6 Å². The van der Waals surface area contributed by atoms with Crippen molar-refractivity contribution >= 4 is 50.1 Å². The van der Waals surface area contributed by atoms with Crippen molar-refractivity contribution in [3.63, 3.8) is 0 Å². The average Bonchev–Trinajstić information content (AvgIpc) is 2.85. The van der Waals surface area contributed by atoms with Crippen molar-refractivity contribution in [2.24, 2.45) is 0 Å². The number of para-hydroxylation sites is 1. The van der Waals surface area contributed by atoms with E-state index in [-0.39, 0.29) is 86.1 Å². The molecule has 0 saturated heterocycles. The topological polar surface area (TPSA) is 141 Å². The van der Waals surface area contributed by atoms with Gasteiger partial charge in [-0.1, -0.05) is 42.5 Å². The molecule has 0 bridgehead atoms. The fraction of sp³-hybridized carbons (Fsp3) is 0.0370. The molecule has 0 radical (unpaired) electrons. The maximum Gasteiger partial charge on any atom is 1.00 e. The summed E-state index contributed by atoms with van der Waals surface area (Å²) in [5.74, 6) is -0.747. The Bertz CT molecular complexity index is 1670. The van der Waals surface area contributed by atoms with E-state index in [1.165, 1.54) is 12.1 Å². The van der Waals surface area contributed by atoms with E-state index >= 15 is 0 Å². The molecule has 0 aromatic heterocycles. The Kier molecular flexibility index (Phi) is 7.27. The molecule has 0 unspecified atom stereocenters. The van der Waals surface area contributed by atoms with Gasteiger partial charge in [0.25, 0.3) is 0 Å². The van der Waals surface area contributed by atoms with Crippen molar-refractivity contribution in [3.05, 3.63) is 107 Å². The zero-order valence-corrected chi connectivity index (χ0v) is 22.8. The fourth-order valence-electron chi connectivity index (χ4n) is 4.29. The Morgan fingerprint density at radius 1 is 0.730 bits per heavy atom. The van der Waals surface area contributed by atoms with Gasteiger partial charge in [0.1, 0.15) is 10.1 Å². The van der Waals surface area contributed by atoms with E-state index in [0.29, 0.717) is 11.3 Å². The van der Waals surface area contributed by atoms with Crippen LogP contribution < -0.4 is 45.9 Å². The van der Waals surface area contributed by atoms with Crippen molar-refractivity contribution in [3.8, 4) is 0 Å². The first-order valence-corrected chi connectivity index (χ1v) is 12.4. The molecule has 180 valence electrons. The molecule has 4 aromatic carbocycles. The third-order valence-corrected chi connectivity index (χ3v) is 6.90. The quantitative estimate of drug-likeness (QED) is 0.180. The summed E-state index contributed by atoms with van der Waals surface area (Å²) in [7, 11) is -4.85. The van der Waals surface area contributed by atoms with Crippen LogP contribution in [0, 0.1) is 6.92 Å². The number of carbonyl (C=O) groups is 2. The zero-order chi connectivity index (χ0) is 25.6. The second-order valence-corrected chi connectivity index (χ2v) is 9.74. The molecule has 0 atom stereocenters. The fourth-order valence-corrected chi connectivity index (χ4v) is 4.95. The second-order valence-electron chi connectivity index (χ2n) is 8.39. The van der Waals surface area contributed by atoms with E-state index in [1.807, 2.05) is 6.07 Å². The number of nitrogens with one attached hydrogen (secondary N) is 2. The molecule has 5 rings (SSSR count). The minimum Gasteiger partial charge on any atom is -0.744 e. The van der Waals surface area contributed by atoms with Crippen LogP contribution >= 0.6 is 0 Å². The maximum absolute atomic E-state index is 13.4. The van der Waals surface area contributed by atoms with Crippen LogP contribution in [0.4, 0.5) is 28.4 Å². The van der Waals surface area contributed by atoms with Gasteiger partial charge >= 0.3 is 29.6 Å². The Labute approximate surface area is 235 Å². The van der Waals surface area contributed by atoms with Gasteiger partial charge in [0.2, 0.25) is 0 Å². The predicted octanol–water partition coefficient (Wildman–Crippen LogP) is 1.75. The Balaban J connectivity index is 0.00000320. The first-order valence-electron chi connectivity index (χ1n) is 11.0. The van der Waals surface area contributed by atoms with Gasteiger partial charge in [-0.3, -0.25) is 9.59 Å². The minimum atomic E-state index is -4.85. The summed E-state index contributed by atoms with van der Waals surface area (Å²) in [5, 5.41) is 5.96. The number of hydrogen-bond donors (Lipinski definition) is 3. The Morgan fingerprint density at radius 2 is 1.30 bits per heavy atom. The summed E-state index contributed by atoms with van der Waals surface area (Å²) < 4.78 is 36.2. The van der Waals surface area contributed by atoms with Gasteiger partial charge < -0.3 is 20.9 Å². The molecule has 4 aromatic rings. The molecule has 0 aliphatic heterocycles. The molecule has 0 spiro atoms. The number of ketones is 2. The first kappa shape index (κ1) is 26.6. The summed E-state index contributed by atoms with van der Waals surface area (Å²) >= 11 is 0. The van der Waals surface area contributed by atoms with Gasteiger partial charge in [0.15, 0.2) is 11.6 Å². The first-order chi connectivity index (χ1) is 17.1. The average molecular weight is 522 g/mol. The zero-order valence-electron chi connectivity index (χ0n) is 20.0. The van der Waals surface area contributed by atoms with Crippen molar-refractivity contribution in [2.45, 2.75) is 11.8 Å². The van der Waals surface area contributed by atoms with Gasteiger partial charge in [0, 0.05) is 28.2 Å². The normalized spacial score (nSPS) is 12.3. The number of nitrogens with two attached hydrogens (primary N) is 1. The second kappa shape index (κ2) is 10.1. The van der Waals surface area contributed by atoms with Crippen LogP contribution in [-0.4, -0.2) is 24.5 Å². The summed E-state index contributed by atoms with van der Waals surface area (Å²) in [6.07, 6.45) is 0. The third-order valence-electron chi connectivity index (χ3n) is 6.03. The van der Waals surface area contributed by atoms with Gasteiger partial charge in [0.05, 0.1) is 27.4 Å². The molecule has 4 N–H and O–H groups in total. The largest absolute Gasteiger partial charge is 1.00 e. The van der Waals surface area contributed by atoms with Crippen LogP contribution in [0.2, 0.25) is 0 Å². The van der Waals surface area contributed by atoms with E-state index in [2.05, 4.69) is 10.6 Å². The molecule has 0 fully saturated rings. The number of hydrogen-bond acceptors (Lipinski definition) is 8. The van der Waals surface area contributed by atoms with Crippen LogP contribution in [-0.2, 0) is 10.1 Å². The number of anilines is 5. The SMILES string of the molecule is Cc1cc(Nc2ccc(Nc3ccccc3)c(S(=O)(=O)[O-])c2)c2c(c1N)C(=O)c1ccccc1C2=O.[Na+].